The first kappa shape index (κ1) is 23.7. The van der Waals surface area contributed by atoms with Gasteiger partial charge >= 0.3 is 0 Å². The van der Waals surface area contributed by atoms with Crippen LogP contribution in [-0.2, 0) is 11.2 Å². The van der Waals surface area contributed by atoms with Crippen LogP contribution in [0.2, 0.25) is 0 Å². The predicted octanol–water partition coefficient (Wildman–Crippen LogP) is 6.01. The minimum absolute atomic E-state index is 0.0821. The summed E-state index contributed by atoms with van der Waals surface area (Å²) < 4.78 is 0. The smallest absolute Gasteiger partial charge is 0.226 e. The Bertz CT molecular complexity index is 943. The third kappa shape index (κ3) is 5.86. The van der Waals surface area contributed by atoms with Crippen molar-refractivity contribution in [2.75, 3.05) is 7.05 Å². The lowest BCUT2D eigenvalue weighted by Gasteiger charge is -2.35. The second-order valence-corrected chi connectivity index (χ2v) is 8.65. The minimum atomic E-state index is -0.733. The first-order chi connectivity index (χ1) is 15.5. The molecule has 1 amide bonds. The molecule has 0 saturated carbocycles. The molecule has 0 aliphatic carbocycles. The van der Waals surface area contributed by atoms with E-state index < -0.39 is 6.10 Å². The fourth-order valence-corrected chi connectivity index (χ4v) is 4.48. The highest BCUT2D eigenvalue weighted by Gasteiger charge is 2.34. The number of amides is 1. The summed E-state index contributed by atoms with van der Waals surface area (Å²) in [5.41, 5.74) is 3.19. The van der Waals surface area contributed by atoms with E-state index in [1.807, 2.05) is 80.7 Å². The van der Waals surface area contributed by atoms with E-state index in [-0.39, 0.29) is 23.8 Å². The molecule has 0 radical (unpaired) electrons. The molecule has 32 heavy (non-hydrogen) atoms. The fraction of sp³-hybridized carbons (Fsp3) is 0.345. The molecule has 0 spiro atoms. The molecule has 0 aliphatic rings. The maximum atomic E-state index is 13.9. The SMILES string of the molecule is CCC[C@@H](c1ccccc1)[C@H](Cc1ccccc1)C(=O)N(C)[C@@H](C)[C@@H](O)c1ccccc1. The Kier molecular flexibility index (Phi) is 8.64. The highest BCUT2D eigenvalue weighted by atomic mass is 16.3. The van der Waals surface area contributed by atoms with Crippen molar-refractivity contribution in [1.82, 2.24) is 4.90 Å². The van der Waals surface area contributed by atoms with Crippen molar-refractivity contribution in [3.8, 4) is 0 Å². The van der Waals surface area contributed by atoms with Gasteiger partial charge in [0.1, 0.15) is 0 Å². The second-order valence-electron chi connectivity index (χ2n) is 8.65. The molecule has 0 saturated heterocycles. The third-order valence-electron chi connectivity index (χ3n) is 6.49. The molecule has 0 fully saturated rings. The van der Waals surface area contributed by atoms with E-state index in [1.165, 1.54) is 5.56 Å². The van der Waals surface area contributed by atoms with E-state index in [1.54, 1.807) is 4.90 Å². The Morgan fingerprint density at radius 2 is 1.34 bits per heavy atom. The normalized spacial score (nSPS) is 14.9. The quantitative estimate of drug-likeness (QED) is 0.429. The summed E-state index contributed by atoms with van der Waals surface area (Å²) in [6, 6.07) is 29.9. The standard InChI is InChI=1S/C29H35NO2/c1-4-14-26(24-17-10-6-11-18-24)27(21-23-15-8-5-9-16-23)29(32)30(3)22(2)28(31)25-19-12-7-13-20-25/h5-13,15-20,22,26-28,31H,4,14,21H2,1-3H3/t22-,26-,27-,28+/m0/s1. The monoisotopic (exact) mass is 429 g/mol. The average Bonchev–Trinajstić information content (AvgIpc) is 2.86. The largest absolute Gasteiger partial charge is 0.386 e. The maximum Gasteiger partial charge on any atom is 0.226 e. The molecule has 4 atom stereocenters. The summed E-state index contributed by atoms with van der Waals surface area (Å²) in [7, 11) is 1.82. The molecule has 0 aromatic heterocycles. The van der Waals surface area contributed by atoms with Gasteiger partial charge in [-0.05, 0) is 42.4 Å². The molecule has 168 valence electrons. The molecule has 3 aromatic carbocycles. The van der Waals surface area contributed by atoms with Crippen LogP contribution in [0.25, 0.3) is 0 Å². The first-order valence-electron chi connectivity index (χ1n) is 11.6. The van der Waals surface area contributed by atoms with Gasteiger partial charge in [0.05, 0.1) is 12.1 Å². The van der Waals surface area contributed by atoms with Crippen molar-refractivity contribution in [3.05, 3.63) is 108 Å². The summed E-state index contributed by atoms with van der Waals surface area (Å²) in [5.74, 6) is 0.00577. The lowest BCUT2D eigenvalue weighted by Crippen LogP contribution is -2.44. The van der Waals surface area contributed by atoms with Gasteiger partial charge in [0.2, 0.25) is 5.91 Å². The highest BCUT2D eigenvalue weighted by Crippen LogP contribution is 2.34. The molecular weight excluding hydrogens is 394 g/mol. The summed E-state index contributed by atoms with van der Waals surface area (Å²) in [5, 5.41) is 10.9. The van der Waals surface area contributed by atoms with Gasteiger partial charge in [-0.15, -0.1) is 0 Å². The number of likely N-dealkylation sites (N-methyl/N-ethyl adjacent to an activating group) is 1. The topological polar surface area (TPSA) is 40.5 Å². The van der Waals surface area contributed by atoms with Crippen molar-refractivity contribution in [2.45, 2.75) is 51.2 Å². The Morgan fingerprint density at radius 1 is 0.844 bits per heavy atom. The van der Waals surface area contributed by atoms with Crippen molar-refractivity contribution in [1.29, 1.82) is 0 Å². The molecule has 3 rings (SSSR count). The van der Waals surface area contributed by atoms with Crippen molar-refractivity contribution in [2.24, 2.45) is 5.92 Å². The van der Waals surface area contributed by atoms with Crippen molar-refractivity contribution < 1.29 is 9.90 Å². The third-order valence-corrected chi connectivity index (χ3v) is 6.49. The van der Waals surface area contributed by atoms with Crippen LogP contribution in [0.4, 0.5) is 0 Å². The number of rotatable bonds is 10. The maximum absolute atomic E-state index is 13.9. The van der Waals surface area contributed by atoms with E-state index in [0.29, 0.717) is 6.42 Å². The molecule has 0 bridgehead atoms. The molecule has 3 nitrogen and oxygen atoms in total. The number of aliphatic hydroxyl groups excluding tert-OH is 1. The van der Waals surface area contributed by atoms with E-state index in [0.717, 1.165) is 24.0 Å². The average molecular weight is 430 g/mol. The van der Waals surface area contributed by atoms with Gasteiger partial charge < -0.3 is 10.0 Å². The van der Waals surface area contributed by atoms with E-state index >= 15 is 0 Å². The number of hydrogen-bond donors (Lipinski definition) is 1. The predicted molar refractivity (Wildman–Crippen MR) is 131 cm³/mol. The second kappa shape index (κ2) is 11.6. The fourth-order valence-electron chi connectivity index (χ4n) is 4.48. The zero-order valence-electron chi connectivity index (χ0n) is 19.4. The first-order valence-corrected chi connectivity index (χ1v) is 11.6. The van der Waals surface area contributed by atoms with Gasteiger partial charge in [0, 0.05) is 13.0 Å². The van der Waals surface area contributed by atoms with Crippen LogP contribution in [0.1, 0.15) is 55.4 Å². The summed E-state index contributed by atoms with van der Waals surface area (Å²) in [6.07, 6.45) is 1.89. The number of nitrogens with zero attached hydrogens (tertiary/aromatic N) is 1. The Hall–Kier alpha value is -2.91. The van der Waals surface area contributed by atoms with Crippen molar-refractivity contribution >= 4 is 5.91 Å². The summed E-state index contributed by atoms with van der Waals surface area (Å²) in [6.45, 7) is 4.10. The van der Waals surface area contributed by atoms with Gasteiger partial charge in [-0.2, -0.15) is 0 Å². The van der Waals surface area contributed by atoms with Crippen LogP contribution in [0.3, 0.4) is 0 Å². The van der Waals surface area contributed by atoms with E-state index in [4.69, 9.17) is 0 Å². The van der Waals surface area contributed by atoms with Crippen LogP contribution in [0, 0.1) is 5.92 Å². The Balaban J connectivity index is 1.91. The Morgan fingerprint density at radius 3 is 1.88 bits per heavy atom. The van der Waals surface area contributed by atoms with Crippen molar-refractivity contribution in [3.63, 3.8) is 0 Å². The van der Waals surface area contributed by atoms with E-state index in [9.17, 15) is 9.90 Å². The van der Waals surface area contributed by atoms with Crippen LogP contribution >= 0.6 is 0 Å². The van der Waals surface area contributed by atoms with Gasteiger partial charge in [-0.3, -0.25) is 4.79 Å². The van der Waals surface area contributed by atoms with Gasteiger partial charge in [-0.1, -0.05) is 104 Å². The summed E-state index contributed by atoms with van der Waals surface area (Å²) in [4.78, 5) is 15.7. The van der Waals surface area contributed by atoms with Crippen LogP contribution in [0.5, 0.6) is 0 Å². The van der Waals surface area contributed by atoms with Crippen LogP contribution < -0.4 is 0 Å². The zero-order valence-corrected chi connectivity index (χ0v) is 19.4. The number of benzene rings is 3. The molecule has 0 unspecified atom stereocenters. The number of aliphatic hydroxyl groups is 1. The lowest BCUT2D eigenvalue weighted by atomic mass is 9.78. The molecule has 3 aromatic rings. The summed E-state index contributed by atoms with van der Waals surface area (Å²) >= 11 is 0. The molecule has 3 heteroatoms. The van der Waals surface area contributed by atoms with Gasteiger partial charge in [0.15, 0.2) is 0 Å². The molecule has 0 heterocycles. The Labute approximate surface area is 192 Å². The zero-order chi connectivity index (χ0) is 22.9. The highest BCUT2D eigenvalue weighted by molar-refractivity contribution is 5.80. The van der Waals surface area contributed by atoms with Crippen LogP contribution in [0.15, 0.2) is 91.0 Å². The van der Waals surface area contributed by atoms with Gasteiger partial charge in [-0.25, -0.2) is 0 Å². The number of hydrogen-bond acceptors (Lipinski definition) is 2. The minimum Gasteiger partial charge on any atom is -0.386 e. The number of carbonyl (C=O) groups excluding carboxylic acids is 1. The molecular formula is C29H35NO2. The lowest BCUT2D eigenvalue weighted by molar-refractivity contribution is -0.139. The van der Waals surface area contributed by atoms with Crippen LogP contribution in [-0.4, -0.2) is 29.0 Å². The molecule has 1 N–H and O–H groups in total. The van der Waals surface area contributed by atoms with Gasteiger partial charge in [0.25, 0.3) is 0 Å². The number of carbonyl (C=O) groups is 1. The van der Waals surface area contributed by atoms with E-state index in [2.05, 4.69) is 31.2 Å². The molecule has 0 aliphatic heterocycles.